The van der Waals surface area contributed by atoms with Crippen LogP contribution in [0.5, 0.6) is 0 Å². The maximum absolute atomic E-state index is 10.8. The van der Waals surface area contributed by atoms with Crippen LogP contribution in [0.3, 0.4) is 0 Å². The number of amidine groups is 1. The molecule has 0 spiro atoms. The molecule has 1 saturated heterocycles. The van der Waals surface area contributed by atoms with Gasteiger partial charge in [0.2, 0.25) is 5.12 Å². The molecule has 2 aliphatic rings. The van der Waals surface area contributed by atoms with E-state index in [1.165, 1.54) is 0 Å². The van der Waals surface area contributed by atoms with Gasteiger partial charge >= 0.3 is 0 Å². The number of hydrogen-bond acceptors (Lipinski definition) is 5. The minimum atomic E-state index is -0.224. The Balaban J connectivity index is 2.27. The van der Waals surface area contributed by atoms with E-state index < -0.39 is 0 Å². The lowest BCUT2D eigenvalue weighted by atomic mass is 10.6. The Labute approximate surface area is 66.8 Å². The second-order valence-electron chi connectivity index (χ2n) is 2.18. The zero-order valence-corrected chi connectivity index (χ0v) is 6.35. The van der Waals surface area contributed by atoms with Crippen LogP contribution in [0.25, 0.3) is 0 Å². The third-order valence-electron chi connectivity index (χ3n) is 1.36. The van der Waals surface area contributed by atoms with Crippen molar-refractivity contribution < 1.29 is 9.59 Å². The van der Waals surface area contributed by atoms with Crippen molar-refractivity contribution in [1.29, 1.82) is 0 Å². The quantitative estimate of drug-likeness (QED) is 0.504. The molecule has 0 saturated carbocycles. The standard InChI is InChI=1S/C5H5N3O2S/c9-3-1-6-8-2-4(10)11-5(8)7-3/h6H,1-2H2. The molecule has 0 atom stereocenters. The Morgan fingerprint density at radius 1 is 1.55 bits per heavy atom. The molecule has 1 amide bonds. The van der Waals surface area contributed by atoms with Gasteiger partial charge in [0, 0.05) is 0 Å². The first kappa shape index (κ1) is 6.81. The Morgan fingerprint density at radius 3 is 3.18 bits per heavy atom. The first-order chi connectivity index (χ1) is 5.25. The summed E-state index contributed by atoms with van der Waals surface area (Å²) in [5.74, 6) is -0.224. The molecule has 5 nitrogen and oxygen atoms in total. The lowest BCUT2D eigenvalue weighted by Crippen LogP contribution is -2.45. The smallest absolute Gasteiger partial charge is 0.263 e. The number of nitrogens with one attached hydrogen (secondary N) is 1. The van der Waals surface area contributed by atoms with Gasteiger partial charge in [-0.15, -0.1) is 0 Å². The van der Waals surface area contributed by atoms with E-state index in [2.05, 4.69) is 10.4 Å². The van der Waals surface area contributed by atoms with E-state index in [4.69, 9.17) is 0 Å². The van der Waals surface area contributed by atoms with Crippen molar-refractivity contribution in [1.82, 2.24) is 10.4 Å². The zero-order chi connectivity index (χ0) is 7.84. The predicted octanol–water partition coefficient (Wildman–Crippen LogP) is -1.04. The highest BCUT2D eigenvalue weighted by atomic mass is 32.2. The number of aliphatic imine (C=N–C) groups is 1. The number of carbonyl (C=O) groups is 2. The second kappa shape index (κ2) is 2.31. The number of thioether (sulfide) groups is 1. The van der Waals surface area contributed by atoms with E-state index in [-0.39, 0.29) is 17.6 Å². The molecule has 0 radical (unpaired) electrons. The fraction of sp³-hybridized carbons (Fsp3) is 0.400. The highest BCUT2D eigenvalue weighted by Crippen LogP contribution is 2.19. The minimum Gasteiger partial charge on any atom is -0.285 e. The first-order valence-electron chi connectivity index (χ1n) is 3.09. The Hall–Kier alpha value is -0.880. The molecular formula is C5H5N3O2S. The van der Waals surface area contributed by atoms with Gasteiger partial charge in [0.15, 0.2) is 5.17 Å². The number of carbonyl (C=O) groups excluding carboxylic acids is 2. The predicted molar refractivity (Wildman–Crippen MR) is 39.7 cm³/mol. The van der Waals surface area contributed by atoms with E-state index in [0.29, 0.717) is 11.7 Å². The van der Waals surface area contributed by atoms with Crippen molar-refractivity contribution in [3.05, 3.63) is 0 Å². The molecular weight excluding hydrogens is 166 g/mol. The van der Waals surface area contributed by atoms with Crippen LogP contribution in [0.15, 0.2) is 4.99 Å². The number of hydrazine groups is 1. The topological polar surface area (TPSA) is 61.8 Å². The molecule has 11 heavy (non-hydrogen) atoms. The van der Waals surface area contributed by atoms with Crippen LogP contribution >= 0.6 is 11.8 Å². The monoisotopic (exact) mass is 171 g/mol. The van der Waals surface area contributed by atoms with E-state index in [0.717, 1.165) is 11.8 Å². The lowest BCUT2D eigenvalue weighted by Gasteiger charge is -2.20. The molecule has 2 heterocycles. The molecule has 6 heteroatoms. The van der Waals surface area contributed by atoms with Crippen molar-refractivity contribution in [2.75, 3.05) is 13.1 Å². The zero-order valence-electron chi connectivity index (χ0n) is 5.53. The van der Waals surface area contributed by atoms with Gasteiger partial charge in [-0.05, 0) is 11.8 Å². The highest BCUT2D eigenvalue weighted by Gasteiger charge is 2.30. The fourth-order valence-corrected chi connectivity index (χ4v) is 1.69. The molecule has 0 aliphatic carbocycles. The molecule has 2 rings (SSSR count). The SMILES string of the molecule is O=C1CNN2CC(=O)SC2=N1. The normalized spacial score (nSPS) is 23.6. The summed E-state index contributed by atoms with van der Waals surface area (Å²) >= 11 is 1.01. The Kier molecular flexibility index (Phi) is 1.43. The van der Waals surface area contributed by atoms with E-state index >= 15 is 0 Å². The summed E-state index contributed by atoms with van der Waals surface area (Å²) in [5.41, 5.74) is 2.77. The molecule has 0 unspecified atom stereocenters. The van der Waals surface area contributed by atoms with Crippen LogP contribution in [0.1, 0.15) is 0 Å². The van der Waals surface area contributed by atoms with Gasteiger partial charge in [0.25, 0.3) is 5.91 Å². The van der Waals surface area contributed by atoms with Gasteiger partial charge in [-0.2, -0.15) is 4.99 Å². The molecule has 2 aliphatic heterocycles. The van der Waals surface area contributed by atoms with Crippen LogP contribution < -0.4 is 5.43 Å². The lowest BCUT2D eigenvalue weighted by molar-refractivity contribution is -0.119. The third kappa shape index (κ3) is 1.14. The first-order valence-corrected chi connectivity index (χ1v) is 3.90. The second-order valence-corrected chi connectivity index (χ2v) is 3.21. The Bertz CT molecular complexity index is 262. The molecule has 0 aromatic carbocycles. The number of amides is 1. The summed E-state index contributed by atoms with van der Waals surface area (Å²) in [4.78, 5) is 25.2. The maximum atomic E-state index is 10.8. The minimum absolute atomic E-state index is 0.0194. The molecule has 0 aromatic rings. The van der Waals surface area contributed by atoms with Gasteiger partial charge in [-0.1, -0.05) is 0 Å². The highest BCUT2D eigenvalue weighted by molar-refractivity contribution is 8.26. The number of hydrogen-bond donors (Lipinski definition) is 1. The van der Waals surface area contributed by atoms with Gasteiger partial charge in [-0.3, -0.25) is 14.6 Å². The summed E-state index contributed by atoms with van der Waals surface area (Å²) in [5, 5.41) is 2.09. The van der Waals surface area contributed by atoms with Crippen molar-refractivity contribution in [2.24, 2.45) is 4.99 Å². The van der Waals surface area contributed by atoms with E-state index in [1.54, 1.807) is 5.01 Å². The number of nitrogens with zero attached hydrogens (tertiary/aromatic N) is 2. The summed E-state index contributed by atoms with van der Waals surface area (Å²) in [6, 6.07) is 0. The molecule has 1 N–H and O–H groups in total. The number of rotatable bonds is 0. The Morgan fingerprint density at radius 2 is 2.36 bits per heavy atom. The fourth-order valence-electron chi connectivity index (χ4n) is 0.902. The van der Waals surface area contributed by atoms with Crippen LogP contribution in [-0.4, -0.2) is 34.3 Å². The summed E-state index contributed by atoms with van der Waals surface area (Å²) < 4.78 is 0. The largest absolute Gasteiger partial charge is 0.285 e. The van der Waals surface area contributed by atoms with Gasteiger partial charge < -0.3 is 0 Å². The summed E-state index contributed by atoms with van der Waals surface area (Å²) in [6.07, 6.45) is 0. The molecule has 0 bridgehead atoms. The summed E-state index contributed by atoms with van der Waals surface area (Å²) in [7, 11) is 0. The van der Waals surface area contributed by atoms with E-state index in [1.807, 2.05) is 0 Å². The van der Waals surface area contributed by atoms with Gasteiger partial charge in [0.1, 0.15) is 6.54 Å². The number of fused-ring (bicyclic) bond motifs is 1. The van der Waals surface area contributed by atoms with Crippen molar-refractivity contribution in [3.63, 3.8) is 0 Å². The molecule has 1 fully saturated rings. The maximum Gasteiger partial charge on any atom is 0.263 e. The van der Waals surface area contributed by atoms with Crippen LogP contribution in [0.4, 0.5) is 0 Å². The van der Waals surface area contributed by atoms with Crippen molar-refractivity contribution >= 4 is 28.0 Å². The van der Waals surface area contributed by atoms with Gasteiger partial charge in [0.05, 0.1) is 6.54 Å². The average Bonchev–Trinajstić information content (AvgIpc) is 2.27. The van der Waals surface area contributed by atoms with Crippen LogP contribution in [0.2, 0.25) is 0 Å². The molecule has 58 valence electrons. The van der Waals surface area contributed by atoms with Crippen LogP contribution in [0, 0.1) is 0 Å². The van der Waals surface area contributed by atoms with Crippen molar-refractivity contribution in [3.8, 4) is 0 Å². The van der Waals surface area contributed by atoms with Crippen LogP contribution in [-0.2, 0) is 9.59 Å². The van der Waals surface area contributed by atoms with Crippen molar-refractivity contribution in [2.45, 2.75) is 0 Å². The molecule has 0 aromatic heterocycles. The van der Waals surface area contributed by atoms with E-state index in [9.17, 15) is 9.59 Å². The average molecular weight is 171 g/mol. The third-order valence-corrected chi connectivity index (χ3v) is 2.22. The van der Waals surface area contributed by atoms with Gasteiger partial charge in [-0.25, -0.2) is 5.43 Å². The summed E-state index contributed by atoms with van der Waals surface area (Å²) in [6.45, 7) is 0.494.